The molecule has 2 aliphatic rings. The molecule has 0 bridgehead atoms. The molecule has 2 aromatic rings. The molecular weight excluding hydrogens is 350 g/mol. The largest absolute Gasteiger partial charge is 0.457 e. The zero-order chi connectivity index (χ0) is 19.7. The molecule has 0 atom stereocenters. The number of anilines is 1. The van der Waals surface area contributed by atoms with Crippen molar-refractivity contribution in [2.24, 2.45) is 0 Å². The molecule has 2 aromatic carbocycles. The molecule has 0 spiro atoms. The highest BCUT2D eigenvalue weighted by atomic mass is 16.5. The van der Waals surface area contributed by atoms with Gasteiger partial charge in [-0.1, -0.05) is 18.2 Å². The normalized spacial score (nSPS) is 15.7. The fourth-order valence-electron chi connectivity index (χ4n) is 3.19. The first-order valence-corrected chi connectivity index (χ1v) is 8.60. The Balaban J connectivity index is 1.79. The summed E-state index contributed by atoms with van der Waals surface area (Å²) in [5.41, 5.74) is 9.77. The van der Waals surface area contributed by atoms with Gasteiger partial charge in [0.15, 0.2) is 0 Å². The summed E-state index contributed by atoms with van der Waals surface area (Å²) in [7, 11) is 0. The predicted molar refractivity (Wildman–Crippen MR) is 107 cm³/mol. The number of nitrogens with two attached hydrogens (primary N) is 1. The van der Waals surface area contributed by atoms with Crippen LogP contribution in [0.2, 0.25) is 0 Å². The quantitative estimate of drug-likeness (QED) is 0.583. The maximum Gasteiger partial charge on any atom is 0.137 e. The number of nitriles is 2. The summed E-state index contributed by atoms with van der Waals surface area (Å²) < 4.78 is 11.9. The van der Waals surface area contributed by atoms with Gasteiger partial charge in [0.05, 0.1) is 0 Å². The second kappa shape index (κ2) is 6.83. The Morgan fingerprint density at radius 3 is 2.54 bits per heavy atom. The van der Waals surface area contributed by atoms with E-state index in [1.54, 1.807) is 24.3 Å². The summed E-state index contributed by atoms with van der Waals surface area (Å²) in [5.74, 6) is 2.31. The van der Waals surface area contributed by atoms with Gasteiger partial charge in [-0.2, -0.15) is 10.5 Å². The average molecular weight is 365 g/mol. The zero-order valence-electron chi connectivity index (χ0n) is 15.1. The van der Waals surface area contributed by atoms with Crippen LogP contribution in [0.5, 0.6) is 11.5 Å². The Morgan fingerprint density at radius 2 is 1.75 bits per heavy atom. The number of nitrogen functional groups attached to an aromatic ring is 1. The van der Waals surface area contributed by atoms with Gasteiger partial charge in [0.1, 0.15) is 40.7 Å². The fourth-order valence-corrected chi connectivity index (χ4v) is 3.19. The highest BCUT2D eigenvalue weighted by Gasteiger charge is 2.20. The van der Waals surface area contributed by atoms with Crippen LogP contribution in [0, 0.1) is 22.7 Å². The number of benzene rings is 2. The molecular formula is C23H15N3O2. The molecule has 0 aromatic heterocycles. The first-order valence-electron chi connectivity index (χ1n) is 8.60. The minimum Gasteiger partial charge on any atom is -0.457 e. The van der Waals surface area contributed by atoms with E-state index < -0.39 is 0 Å². The van der Waals surface area contributed by atoms with Gasteiger partial charge in [-0.15, -0.1) is 0 Å². The first kappa shape index (κ1) is 17.2. The van der Waals surface area contributed by atoms with E-state index in [9.17, 15) is 10.5 Å². The van der Waals surface area contributed by atoms with Crippen molar-refractivity contribution >= 4 is 16.8 Å². The minimum atomic E-state index is 0.0288. The second-order valence-electron chi connectivity index (χ2n) is 6.39. The maximum atomic E-state index is 9.32. The van der Waals surface area contributed by atoms with Crippen molar-refractivity contribution in [1.29, 1.82) is 10.5 Å². The lowest BCUT2D eigenvalue weighted by Crippen LogP contribution is -2.07. The lowest BCUT2D eigenvalue weighted by Gasteiger charge is -2.21. The molecule has 0 aliphatic carbocycles. The Kier molecular flexibility index (Phi) is 4.20. The van der Waals surface area contributed by atoms with E-state index in [2.05, 4.69) is 0 Å². The Morgan fingerprint density at radius 1 is 0.964 bits per heavy atom. The smallest absolute Gasteiger partial charge is 0.137 e. The van der Waals surface area contributed by atoms with E-state index in [0.717, 1.165) is 11.1 Å². The molecule has 5 nitrogen and oxygen atoms in total. The molecule has 2 aliphatic heterocycles. The second-order valence-corrected chi connectivity index (χ2v) is 6.39. The van der Waals surface area contributed by atoms with Crippen molar-refractivity contribution in [2.75, 3.05) is 5.73 Å². The Hall–Kier alpha value is -4.22. The molecule has 4 rings (SSSR count). The molecule has 0 saturated carbocycles. The SMILES string of the molecule is CC1=CC(=CC2=CC(=C(C#N)C#N)c3ccccc3O2)Oc2cc(N)ccc21. The van der Waals surface area contributed by atoms with Crippen molar-refractivity contribution in [1.82, 2.24) is 0 Å². The van der Waals surface area contributed by atoms with Gasteiger partial charge in [0.2, 0.25) is 0 Å². The van der Waals surface area contributed by atoms with Crippen LogP contribution in [0.1, 0.15) is 18.1 Å². The van der Waals surface area contributed by atoms with E-state index in [-0.39, 0.29) is 5.57 Å². The molecule has 134 valence electrons. The van der Waals surface area contributed by atoms with E-state index in [0.29, 0.717) is 39.8 Å². The van der Waals surface area contributed by atoms with Gasteiger partial charge >= 0.3 is 0 Å². The molecule has 28 heavy (non-hydrogen) atoms. The van der Waals surface area contributed by atoms with Gasteiger partial charge in [-0.05, 0) is 42.8 Å². The highest BCUT2D eigenvalue weighted by Crippen LogP contribution is 2.38. The van der Waals surface area contributed by atoms with Crippen LogP contribution in [-0.4, -0.2) is 0 Å². The molecule has 0 saturated heterocycles. The summed E-state index contributed by atoms with van der Waals surface area (Å²) >= 11 is 0. The third-order valence-electron chi connectivity index (χ3n) is 4.49. The highest BCUT2D eigenvalue weighted by molar-refractivity contribution is 5.87. The van der Waals surface area contributed by atoms with Gasteiger partial charge in [-0.25, -0.2) is 0 Å². The molecule has 0 unspecified atom stereocenters. The van der Waals surface area contributed by atoms with Gasteiger partial charge in [0.25, 0.3) is 0 Å². The van der Waals surface area contributed by atoms with Crippen LogP contribution in [0.25, 0.3) is 11.1 Å². The number of nitrogens with zero attached hydrogens (tertiary/aromatic N) is 2. The number of para-hydroxylation sites is 1. The van der Waals surface area contributed by atoms with E-state index in [1.807, 2.05) is 55.5 Å². The van der Waals surface area contributed by atoms with Crippen molar-refractivity contribution in [3.63, 3.8) is 0 Å². The van der Waals surface area contributed by atoms with Crippen molar-refractivity contribution < 1.29 is 9.47 Å². The van der Waals surface area contributed by atoms with Crippen molar-refractivity contribution in [3.05, 3.63) is 88.9 Å². The van der Waals surface area contributed by atoms with Gasteiger partial charge < -0.3 is 15.2 Å². The molecule has 5 heteroatoms. The monoisotopic (exact) mass is 365 g/mol. The van der Waals surface area contributed by atoms with E-state index in [4.69, 9.17) is 15.2 Å². The van der Waals surface area contributed by atoms with Crippen molar-refractivity contribution in [3.8, 4) is 23.6 Å². The van der Waals surface area contributed by atoms with Crippen LogP contribution in [0.3, 0.4) is 0 Å². The van der Waals surface area contributed by atoms with Crippen molar-refractivity contribution in [2.45, 2.75) is 6.92 Å². The third-order valence-corrected chi connectivity index (χ3v) is 4.49. The Labute approximate surface area is 162 Å². The number of rotatable bonds is 1. The van der Waals surface area contributed by atoms with Crippen LogP contribution >= 0.6 is 0 Å². The molecule has 2 heterocycles. The molecule has 0 amide bonds. The number of fused-ring (bicyclic) bond motifs is 2. The third kappa shape index (κ3) is 3.02. The molecule has 0 radical (unpaired) electrons. The van der Waals surface area contributed by atoms with Crippen LogP contribution in [0.4, 0.5) is 5.69 Å². The van der Waals surface area contributed by atoms with E-state index in [1.165, 1.54) is 0 Å². The van der Waals surface area contributed by atoms with Crippen LogP contribution in [0.15, 0.2) is 77.8 Å². The summed E-state index contributed by atoms with van der Waals surface area (Å²) in [6, 6.07) is 16.7. The fraction of sp³-hybridized carbons (Fsp3) is 0.0435. The maximum absolute atomic E-state index is 9.32. The summed E-state index contributed by atoms with van der Waals surface area (Å²) in [4.78, 5) is 0. The lowest BCUT2D eigenvalue weighted by molar-refractivity contribution is 0.413. The van der Waals surface area contributed by atoms with E-state index >= 15 is 0 Å². The van der Waals surface area contributed by atoms with Crippen LogP contribution < -0.4 is 15.2 Å². The molecule has 0 fully saturated rings. The topological polar surface area (TPSA) is 92.1 Å². The summed E-state index contributed by atoms with van der Waals surface area (Å²) in [5, 5.41) is 18.6. The standard InChI is InChI=1S/C23H15N3O2/c1-14-8-17(28-23-9-16(26)6-7-19(14)23)10-18-11-21(15(12-24)13-25)20-4-2-3-5-22(20)27-18/h2-11H,26H2,1H3. The first-order chi connectivity index (χ1) is 13.6. The zero-order valence-corrected chi connectivity index (χ0v) is 15.1. The van der Waals surface area contributed by atoms with Crippen LogP contribution in [-0.2, 0) is 0 Å². The minimum absolute atomic E-state index is 0.0288. The number of hydrogen-bond donors (Lipinski definition) is 1. The summed E-state index contributed by atoms with van der Waals surface area (Å²) in [6.07, 6.45) is 5.32. The Bertz CT molecular complexity index is 1190. The van der Waals surface area contributed by atoms with Gasteiger partial charge in [-0.3, -0.25) is 0 Å². The average Bonchev–Trinajstić information content (AvgIpc) is 2.68. The lowest BCUT2D eigenvalue weighted by atomic mass is 9.97. The predicted octanol–water partition coefficient (Wildman–Crippen LogP) is 4.73. The summed E-state index contributed by atoms with van der Waals surface area (Å²) in [6.45, 7) is 1.99. The van der Waals surface area contributed by atoms with Gasteiger partial charge in [0, 0.05) is 34.5 Å². The molecule has 2 N–H and O–H groups in total. The number of allylic oxidation sites excluding steroid dienone is 6. The number of ether oxygens (including phenoxy) is 2. The number of hydrogen-bond acceptors (Lipinski definition) is 5.